The maximum atomic E-state index is 12.1. The van der Waals surface area contributed by atoms with Crippen molar-refractivity contribution < 1.29 is 33.3 Å². The molecule has 0 radical (unpaired) electrons. The lowest BCUT2D eigenvalue weighted by Gasteiger charge is -2.09. The first-order valence-electron chi connectivity index (χ1n) is 9.91. The maximum Gasteiger partial charge on any atom is 0.335 e. The van der Waals surface area contributed by atoms with Crippen molar-refractivity contribution in [1.29, 1.82) is 0 Å². The number of ketones is 1. The summed E-state index contributed by atoms with van der Waals surface area (Å²) >= 11 is 0. The van der Waals surface area contributed by atoms with Crippen molar-refractivity contribution in [2.75, 3.05) is 13.4 Å². The first kappa shape index (κ1) is 24.4. The van der Waals surface area contributed by atoms with Crippen LogP contribution < -0.4 is 14.2 Å². The van der Waals surface area contributed by atoms with E-state index in [0.717, 1.165) is 5.56 Å². The Morgan fingerprint density at radius 3 is 1.94 bits per heavy atom. The van der Waals surface area contributed by atoms with E-state index in [9.17, 15) is 14.4 Å². The van der Waals surface area contributed by atoms with Gasteiger partial charge in [-0.1, -0.05) is 25.3 Å². The van der Waals surface area contributed by atoms with E-state index in [0.29, 0.717) is 29.2 Å². The van der Waals surface area contributed by atoms with E-state index in [2.05, 4.69) is 13.2 Å². The van der Waals surface area contributed by atoms with Crippen LogP contribution in [-0.4, -0.2) is 31.1 Å². The van der Waals surface area contributed by atoms with Crippen LogP contribution >= 0.6 is 0 Å². The molecule has 0 spiro atoms. The van der Waals surface area contributed by atoms with Crippen molar-refractivity contribution in [1.82, 2.24) is 0 Å². The van der Waals surface area contributed by atoms with Gasteiger partial charge in [-0.3, -0.25) is 9.59 Å². The molecule has 0 aromatic heterocycles. The van der Waals surface area contributed by atoms with E-state index < -0.39 is 5.97 Å². The minimum atomic E-state index is -0.532. The van der Waals surface area contributed by atoms with E-state index in [1.807, 2.05) is 12.1 Å². The van der Waals surface area contributed by atoms with Crippen LogP contribution in [0.2, 0.25) is 0 Å². The molecule has 7 heteroatoms. The fourth-order valence-electron chi connectivity index (χ4n) is 2.33. The molecule has 168 valence electrons. The average molecular weight is 438 g/mol. The zero-order valence-corrected chi connectivity index (χ0v) is 18.2. The van der Waals surface area contributed by atoms with E-state index in [4.69, 9.17) is 18.9 Å². The standard InChI is InChI=1S/C25H26O7/c1-17(2)23(26)15-29-20-8-5-19(6-9-20)7-14-24(27)32-22-12-10-21(11-13-22)30-16-31-25(28)18(3)4/h5-6,8-13H,1,3,7,14-16H2,2,4H3. The second-order valence-electron chi connectivity index (χ2n) is 7.06. The van der Waals surface area contributed by atoms with Gasteiger partial charge in [0.25, 0.3) is 0 Å². The summed E-state index contributed by atoms with van der Waals surface area (Å²) in [7, 11) is 0. The summed E-state index contributed by atoms with van der Waals surface area (Å²) in [6, 6.07) is 13.6. The summed E-state index contributed by atoms with van der Waals surface area (Å²) in [6.45, 7) is 9.96. The molecule has 0 unspecified atom stereocenters. The summed E-state index contributed by atoms with van der Waals surface area (Å²) in [5.41, 5.74) is 1.68. The number of esters is 2. The van der Waals surface area contributed by atoms with Gasteiger partial charge >= 0.3 is 11.9 Å². The van der Waals surface area contributed by atoms with Gasteiger partial charge in [-0.2, -0.15) is 0 Å². The molecule has 2 aromatic rings. The molecule has 0 fully saturated rings. The lowest BCUT2D eigenvalue weighted by atomic mass is 10.1. The number of benzene rings is 2. The predicted molar refractivity (Wildman–Crippen MR) is 119 cm³/mol. The SMILES string of the molecule is C=C(C)C(=O)COc1ccc(CCC(=O)Oc2ccc(OCOC(=O)C(=C)C)cc2)cc1. The summed E-state index contributed by atoms with van der Waals surface area (Å²) in [5, 5.41) is 0. The van der Waals surface area contributed by atoms with E-state index in [-0.39, 0.29) is 37.1 Å². The van der Waals surface area contributed by atoms with Crippen LogP contribution in [0.15, 0.2) is 72.8 Å². The second kappa shape index (κ2) is 12.1. The van der Waals surface area contributed by atoms with Crippen LogP contribution in [0, 0.1) is 0 Å². The zero-order valence-electron chi connectivity index (χ0n) is 18.2. The summed E-state index contributed by atoms with van der Waals surface area (Å²) in [6.07, 6.45) is 0.697. The van der Waals surface area contributed by atoms with Gasteiger partial charge in [-0.05, 0) is 67.8 Å². The number of hydrogen-bond donors (Lipinski definition) is 0. The summed E-state index contributed by atoms with van der Waals surface area (Å²) in [4.78, 5) is 34.9. The lowest BCUT2D eigenvalue weighted by Crippen LogP contribution is -2.11. The molecule has 0 aliphatic heterocycles. The Morgan fingerprint density at radius 2 is 1.34 bits per heavy atom. The molecule has 0 amide bonds. The number of aryl methyl sites for hydroxylation is 1. The normalized spacial score (nSPS) is 10.1. The molecular formula is C25H26O7. The van der Waals surface area contributed by atoms with Gasteiger partial charge < -0.3 is 18.9 Å². The minimum absolute atomic E-state index is 0.0511. The Kier molecular flexibility index (Phi) is 9.22. The molecule has 0 atom stereocenters. The molecule has 2 rings (SSSR count). The third-order valence-electron chi connectivity index (χ3n) is 4.21. The van der Waals surface area contributed by atoms with Crippen LogP contribution in [0.25, 0.3) is 0 Å². The highest BCUT2D eigenvalue weighted by Crippen LogP contribution is 2.19. The van der Waals surface area contributed by atoms with Crippen molar-refractivity contribution in [3.8, 4) is 17.2 Å². The van der Waals surface area contributed by atoms with Gasteiger partial charge in [0.15, 0.2) is 12.4 Å². The molecule has 7 nitrogen and oxygen atoms in total. The van der Waals surface area contributed by atoms with Crippen LogP contribution in [0.3, 0.4) is 0 Å². The molecule has 0 bridgehead atoms. The smallest absolute Gasteiger partial charge is 0.335 e. The number of ether oxygens (including phenoxy) is 4. The van der Waals surface area contributed by atoms with Crippen LogP contribution in [0.5, 0.6) is 17.2 Å². The molecule has 0 saturated heterocycles. The monoisotopic (exact) mass is 438 g/mol. The first-order valence-corrected chi connectivity index (χ1v) is 9.91. The summed E-state index contributed by atoms with van der Waals surface area (Å²) < 4.78 is 20.8. The van der Waals surface area contributed by atoms with Gasteiger partial charge in [-0.15, -0.1) is 0 Å². The average Bonchev–Trinajstić information content (AvgIpc) is 2.77. The van der Waals surface area contributed by atoms with E-state index in [1.54, 1.807) is 50.2 Å². The Bertz CT molecular complexity index is 972. The zero-order chi connectivity index (χ0) is 23.5. The molecule has 0 aliphatic carbocycles. The van der Waals surface area contributed by atoms with Crippen molar-refractivity contribution in [3.63, 3.8) is 0 Å². The molecule has 0 aliphatic rings. The third-order valence-corrected chi connectivity index (χ3v) is 4.21. The summed E-state index contributed by atoms with van der Waals surface area (Å²) in [5.74, 6) is 0.362. The molecule has 0 N–H and O–H groups in total. The first-order chi connectivity index (χ1) is 15.2. The van der Waals surface area contributed by atoms with Crippen molar-refractivity contribution in [3.05, 3.63) is 78.4 Å². The van der Waals surface area contributed by atoms with Crippen molar-refractivity contribution in [2.45, 2.75) is 26.7 Å². The number of carbonyl (C=O) groups is 3. The van der Waals surface area contributed by atoms with Gasteiger partial charge in [0.05, 0.1) is 0 Å². The highest BCUT2D eigenvalue weighted by atomic mass is 16.7. The van der Waals surface area contributed by atoms with Crippen LogP contribution in [0.4, 0.5) is 0 Å². The highest BCUT2D eigenvalue weighted by molar-refractivity contribution is 5.95. The van der Waals surface area contributed by atoms with Crippen LogP contribution in [0.1, 0.15) is 25.8 Å². The largest absolute Gasteiger partial charge is 0.485 e. The Labute approximate surface area is 187 Å². The topological polar surface area (TPSA) is 88.1 Å². The fraction of sp³-hybridized carbons (Fsp3) is 0.240. The molecule has 32 heavy (non-hydrogen) atoms. The van der Waals surface area contributed by atoms with Gasteiger partial charge in [0.2, 0.25) is 6.79 Å². The molecule has 0 saturated carbocycles. The predicted octanol–water partition coefficient (Wildman–Crippen LogP) is 4.20. The number of hydrogen-bond acceptors (Lipinski definition) is 7. The quantitative estimate of drug-likeness (QED) is 0.212. The molecule has 2 aromatic carbocycles. The van der Waals surface area contributed by atoms with Gasteiger partial charge in [0, 0.05) is 12.0 Å². The number of carbonyl (C=O) groups excluding carboxylic acids is 3. The Balaban J connectivity index is 1.73. The fourth-order valence-corrected chi connectivity index (χ4v) is 2.33. The van der Waals surface area contributed by atoms with E-state index in [1.165, 1.54) is 0 Å². The molecular weight excluding hydrogens is 412 g/mol. The van der Waals surface area contributed by atoms with Crippen LogP contribution in [-0.2, 0) is 25.5 Å². The molecule has 0 heterocycles. The van der Waals surface area contributed by atoms with E-state index >= 15 is 0 Å². The number of Topliss-reactive ketones (excluding diaryl/α,β-unsaturated/α-hetero) is 1. The maximum absolute atomic E-state index is 12.1. The van der Waals surface area contributed by atoms with Crippen molar-refractivity contribution >= 4 is 17.7 Å². The third kappa shape index (κ3) is 8.47. The minimum Gasteiger partial charge on any atom is -0.485 e. The van der Waals surface area contributed by atoms with Gasteiger partial charge in [-0.25, -0.2) is 4.79 Å². The highest BCUT2D eigenvalue weighted by Gasteiger charge is 2.08. The number of rotatable bonds is 12. The van der Waals surface area contributed by atoms with Crippen molar-refractivity contribution in [2.24, 2.45) is 0 Å². The Hall–Kier alpha value is -3.87. The second-order valence-corrected chi connectivity index (χ2v) is 7.06. The van der Waals surface area contributed by atoms with Gasteiger partial charge in [0.1, 0.15) is 17.2 Å². The lowest BCUT2D eigenvalue weighted by molar-refractivity contribution is -0.145. The Morgan fingerprint density at radius 1 is 0.781 bits per heavy atom.